The topological polar surface area (TPSA) is 148 Å². The van der Waals surface area contributed by atoms with Gasteiger partial charge in [-0.2, -0.15) is 4.68 Å². The minimum absolute atomic E-state index is 0.0752. The molecule has 0 saturated carbocycles. The van der Waals surface area contributed by atoms with E-state index >= 15 is 0 Å². The summed E-state index contributed by atoms with van der Waals surface area (Å²) in [6.07, 6.45) is 2.52. The molecule has 0 radical (unpaired) electrons. The number of hydrogen-bond acceptors (Lipinski definition) is 10. The lowest BCUT2D eigenvalue weighted by Crippen LogP contribution is -2.40. The molecule has 15 heteroatoms. The fraction of sp³-hybridized carbons (Fsp3) is 0.420. The zero-order valence-corrected chi connectivity index (χ0v) is 41.7. The third-order valence-corrected chi connectivity index (χ3v) is 12.2. The van der Waals surface area contributed by atoms with Crippen molar-refractivity contribution < 1.29 is 23.9 Å². The summed E-state index contributed by atoms with van der Waals surface area (Å²) in [6, 6.07) is 27.3. The number of nitrogens with one attached hydrogen (secondary N) is 2. The first-order chi connectivity index (χ1) is 30.5. The van der Waals surface area contributed by atoms with E-state index in [0.717, 1.165) is 47.7 Å². The van der Waals surface area contributed by atoms with Gasteiger partial charge in [0.25, 0.3) is 5.24 Å². The molecule has 65 heavy (non-hydrogen) atoms. The van der Waals surface area contributed by atoms with Gasteiger partial charge in [0.05, 0.1) is 28.7 Å². The summed E-state index contributed by atoms with van der Waals surface area (Å²) in [7, 11) is 0. The molecule has 0 aliphatic rings. The molecule has 3 amide bonds. The molecule has 5 rings (SSSR count). The molecular weight excluding hydrogens is 878 g/mol. The van der Waals surface area contributed by atoms with Gasteiger partial charge >= 0.3 is 0 Å². The largest absolute Gasteiger partial charge is 0.493 e. The number of ether oxygens (including phenoxy) is 1. The third kappa shape index (κ3) is 14.9. The van der Waals surface area contributed by atoms with Gasteiger partial charge in [-0.15, -0.1) is 16.9 Å². The van der Waals surface area contributed by atoms with Crippen LogP contribution in [0.25, 0.3) is 5.69 Å². The van der Waals surface area contributed by atoms with Crippen molar-refractivity contribution in [3.63, 3.8) is 0 Å². The summed E-state index contributed by atoms with van der Waals surface area (Å²) in [5.74, 6) is -0.328. The molecule has 0 aliphatic carbocycles. The van der Waals surface area contributed by atoms with Gasteiger partial charge in [-0.05, 0) is 114 Å². The number of tetrazole rings is 1. The summed E-state index contributed by atoms with van der Waals surface area (Å²) in [4.78, 5) is 57.8. The molecule has 4 aromatic carbocycles. The van der Waals surface area contributed by atoms with Crippen LogP contribution in [0.2, 0.25) is 5.02 Å². The lowest BCUT2D eigenvalue weighted by molar-refractivity contribution is -0.130. The first-order valence-electron chi connectivity index (χ1n) is 21.8. The van der Waals surface area contributed by atoms with Crippen molar-refractivity contribution in [3.05, 3.63) is 107 Å². The Bertz CT molecular complexity index is 2460. The molecule has 1 atom stereocenters. The van der Waals surface area contributed by atoms with Crippen LogP contribution in [0.4, 0.5) is 21.9 Å². The highest BCUT2D eigenvalue weighted by atomic mass is 35.5. The Morgan fingerprint density at radius 3 is 2.15 bits per heavy atom. The second-order valence-electron chi connectivity index (χ2n) is 19.7. The van der Waals surface area contributed by atoms with E-state index in [-0.39, 0.29) is 56.1 Å². The molecule has 0 saturated heterocycles. The molecule has 346 valence electrons. The minimum Gasteiger partial charge on any atom is -0.493 e. The average molecular weight is 941 g/mol. The smallest absolute Gasteiger partial charge is 0.294 e. The van der Waals surface area contributed by atoms with E-state index in [1.165, 1.54) is 10.2 Å². The van der Waals surface area contributed by atoms with Crippen LogP contribution in [0.5, 0.6) is 5.75 Å². The summed E-state index contributed by atoms with van der Waals surface area (Å²) >= 11 is 8.53. The highest BCUT2D eigenvalue weighted by Crippen LogP contribution is 2.40. The lowest BCUT2D eigenvalue weighted by atomic mass is 9.84. The number of hydrogen-bond donors (Lipinski definition) is 2. The summed E-state index contributed by atoms with van der Waals surface area (Å²) in [5, 5.41) is 16.7. The van der Waals surface area contributed by atoms with Crippen LogP contribution in [-0.2, 0) is 27.2 Å². The van der Waals surface area contributed by atoms with E-state index in [0.29, 0.717) is 35.0 Å². The van der Waals surface area contributed by atoms with Gasteiger partial charge in [0.1, 0.15) is 11.0 Å². The average Bonchev–Trinajstić information content (AvgIpc) is 3.67. The molecule has 2 N–H and O–H groups in total. The Balaban J connectivity index is 1.27. The number of carbonyl (C=O) groups excluding carboxylic acids is 4. The van der Waals surface area contributed by atoms with Gasteiger partial charge < -0.3 is 15.4 Å². The number of thioether (sulfide) groups is 2. The van der Waals surface area contributed by atoms with E-state index in [4.69, 9.17) is 16.3 Å². The van der Waals surface area contributed by atoms with E-state index < -0.39 is 16.6 Å². The molecule has 1 heterocycles. The Labute approximate surface area is 397 Å². The van der Waals surface area contributed by atoms with Gasteiger partial charge in [0, 0.05) is 40.2 Å². The summed E-state index contributed by atoms with van der Waals surface area (Å²) < 4.78 is 7.73. The maximum atomic E-state index is 14.3. The predicted molar refractivity (Wildman–Crippen MR) is 265 cm³/mol. The third-order valence-electron chi connectivity index (χ3n) is 9.81. The van der Waals surface area contributed by atoms with E-state index in [1.807, 2.05) is 50.2 Å². The Morgan fingerprint density at radius 1 is 0.815 bits per heavy atom. The van der Waals surface area contributed by atoms with Gasteiger partial charge in [0.2, 0.25) is 17.0 Å². The lowest BCUT2D eigenvalue weighted by Gasteiger charge is -2.29. The molecule has 0 spiro atoms. The van der Waals surface area contributed by atoms with Gasteiger partial charge in [-0.3, -0.25) is 24.1 Å². The molecule has 12 nitrogen and oxygen atoms in total. The van der Waals surface area contributed by atoms with Gasteiger partial charge in [-0.25, -0.2) is 0 Å². The van der Waals surface area contributed by atoms with Crippen LogP contribution < -0.4 is 20.3 Å². The van der Waals surface area contributed by atoms with E-state index in [2.05, 4.69) is 79.8 Å². The van der Waals surface area contributed by atoms with Crippen molar-refractivity contribution in [3.8, 4) is 11.4 Å². The fourth-order valence-electron chi connectivity index (χ4n) is 6.93. The normalized spacial score (nSPS) is 12.4. The maximum Gasteiger partial charge on any atom is 0.294 e. The quantitative estimate of drug-likeness (QED) is 0.0524. The molecule has 0 bridgehead atoms. The predicted octanol–water partition coefficient (Wildman–Crippen LogP) is 12.1. The van der Waals surface area contributed by atoms with Crippen molar-refractivity contribution in [2.75, 3.05) is 22.1 Å². The zero-order valence-electron chi connectivity index (χ0n) is 39.3. The maximum absolute atomic E-state index is 14.3. The minimum atomic E-state index is -1.24. The molecule has 1 aromatic heterocycles. The second kappa shape index (κ2) is 21.9. The van der Waals surface area contributed by atoms with Gasteiger partial charge in [0.15, 0.2) is 5.78 Å². The van der Waals surface area contributed by atoms with Crippen LogP contribution in [-0.4, -0.2) is 60.9 Å². The molecule has 0 fully saturated rings. The van der Waals surface area contributed by atoms with Crippen LogP contribution in [0.1, 0.15) is 100 Å². The Hall–Kier alpha value is -5.18. The Morgan fingerprint density at radius 2 is 1.49 bits per heavy atom. The van der Waals surface area contributed by atoms with Crippen molar-refractivity contribution in [1.82, 2.24) is 20.2 Å². The number of aromatic nitrogens is 4. The molecular formula is C50H62ClN7O5S2. The monoisotopic (exact) mass is 939 g/mol. The van der Waals surface area contributed by atoms with Crippen LogP contribution in [0.15, 0.2) is 101 Å². The number of nitrogens with zero attached hydrogens (tertiary/aromatic N) is 5. The van der Waals surface area contributed by atoms with Crippen LogP contribution >= 0.6 is 35.1 Å². The number of ketones is 1. The Kier molecular flexibility index (Phi) is 17.1. The first-order valence-corrected chi connectivity index (χ1v) is 23.9. The number of anilines is 3. The van der Waals surface area contributed by atoms with Crippen molar-refractivity contribution in [2.45, 2.75) is 123 Å². The van der Waals surface area contributed by atoms with Crippen LogP contribution in [0.3, 0.4) is 0 Å². The number of halogens is 1. The SMILES string of the molecule is CC(C)N(C(=O)Sc1nnnn1-c1ccccc1)c1ccccc1SC(C(=O)Nc1cc(NC(=O)CCCOc2ccc(CC(C)(C)C)cc2CC(C)(C)C)ccc1Cl)C(=O)C(C)(C)C. The second-order valence-corrected chi connectivity index (χ2v) is 22.2. The number of Topliss-reactive ketones (excluding diaryl/α,β-unsaturated/α-hetero) is 1. The standard InChI is InChI=1S/C50H62ClN7O5S2/c1-32(2)57(47(62)65-46-54-55-56-58(46)36-18-13-12-14-19-36)39-20-15-16-21-41(39)64-43(44(60)50(9,10)11)45(61)53-38-29-35(24-25-37(38)51)52-42(59)22-17-27-63-40-26-23-33(30-48(3,4)5)28-34(40)31-49(6,7)8/h12-16,18-21,23-26,28-29,32,43H,17,22,27,30-31H2,1-11H3,(H,52,59)(H,53,61). The van der Waals surface area contributed by atoms with Crippen LogP contribution in [0, 0.1) is 16.2 Å². The number of benzene rings is 4. The fourth-order valence-corrected chi connectivity index (χ4v) is 9.29. The van der Waals surface area contributed by atoms with Crippen molar-refractivity contribution in [1.29, 1.82) is 0 Å². The first kappa shape index (κ1) is 50.8. The highest BCUT2D eigenvalue weighted by Gasteiger charge is 2.37. The van der Waals surface area contributed by atoms with Gasteiger partial charge in [-0.1, -0.05) is 116 Å². The molecule has 1 unspecified atom stereocenters. The molecule has 0 aliphatic heterocycles. The van der Waals surface area contributed by atoms with Crippen molar-refractivity contribution >= 4 is 75.0 Å². The molecule has 5 aromatic rings. The number of amides is 3. The summed E-state index contributed by atoms with van der Waals surface area (Å²) in [6.45, 7) is 22.7. The highest BCUT2D eigenvalue weighted by molar-refractivity contribution is 8.13. The van der Waals surface area contributed by atoms with E-state index in [1.54, 1.807) is 68.1 Å². The van der Waals surface area contributed by atoms with Crippen molar-refractivity contribution in [2.24, 2.45) is 16.2 Å². The summed E-state index contributed by atoms with van der Waals surface area (Å²) in [5.41, 5.74) is 3.63. The number of para-hydroxylation sites is 2. The number of rotatable bonds is 17. The number of carbonyl (C=O) groups is 4. The van der Waals surface area contributed by atoms with E-state index in [9.17, 15) is 19.2 Å². The zero-order chi connectivity index (χ0) is 47.7.